The van der Waals surface area contributed by atoms with E-state index in [9.17, 15) is 4.79 Å². The summed E-state index contributed by atoms with van der Waals surface area (Å²) in [6.45, 7) is 2.38. The summed E-state index contributed by atoms with van der Waals surface area (Å²) < 4.78 is 7.81. The molecule has 1 aromatic carbocycles. The zero-order valence-electron chi connectivity index (χ0n) is 15.8. The molecule has 0 bridgehead atoms. The molecule has 29 heavy (non-hydrogen) atoms. The van der Waals surface area contributed by atoms with Crippen LogP contribution in [0.2, 0.25) is 5.02 Å². The second kappa shape index (κ2) is 8.23. The number of hydrogen-bond acceptors (Lipinski definition) is 5. The molecular formula is C21H19ClN4O2S. The number of nitrogens with zero attached hydrogens (tertiary/aromatic N) is 3. The minimum absolute atomic E-state index is 0.394. The van der Waals surface area contributed by atoms with Crippen LogP contribution in [0, 0.1) is 6.92 Å². The van der Waals surface area contributed by atoms with Crippen LogP contribution in [-0.4, -0.2) is 27.0 Å². The van der Waals surface area contributed by atoms with Gasteiger partial charge in [-0.2, -0.15) is 0 Å². The van der Waals surface area contributed by atoms with Gasteiger partial charge in [-0.3, -0.25) is 14.3 Å². The molecule has 3 aromatic heterocycles. The summed E-state index contributed by atoms with van der Waals surface area (Å²) in [6.07, 6.45) is 5.01. The Hall–Kier alpha value is -2.90. The molecule has 0 radical (unpaired) electrons. The van der Waals surface area contributed by atoms with E-state index in [0.29, 0.717) is 17.2 Å². The maximum Gasteiger partial charge on any atom is 0.262 e. The first-order valence-corrected chi connectivity index (χ1v) is 10.3. The maximum absolute atomic E-state index is 11.9. The fourth-order valence-corrected chi connectivity index (χ4v) is 4.26. The van der Waals surface area contributed by atoms with Gasteiger partial charge in [0.15, 0.2) is 0 Å². The standard InChI is InChI=1S/C21H19ClN4O2S/c1-13-9-17-16(11-24-13)25-12-26(17)19-10-18(20(29-19)21(23)27)28-8-4-6-14-5-2-3-7-15(14)22/h2-3,5,7,9-12H,4,6,8H2,1H3,(H2,23,27). The summed E-state index contributed by atoms with van der Waals surface area (Å²) in [5.74, 6) is -0.0195. The summed E-state index contributed by atoms with van der Waals surface area (Å²) >= 11 is 7.48. The summed E-state index contributed by atoms with van der Waals surface area (Å²) in [4.78, 5) is 21.0. The number of aryl methyl sites for hydroxylation is 2. The Kier molecular flexibility index (Phi) is 5.51. The Bertz CT molecular complexity index is 1180. The Morgan fingerprint density at radius 3 is 2.90 bits per heavy atom. The predicted molar refractivity (Wildman–Crippen MR) is 115 cm³/mol. The maximum atomic E-state index is 11.9. The van der Waals surface area contributed by atoms with Crippen LogP contribution < -0.4 is 10.5 Å². The molecular weight excluding hydrogens is 408 g/mol. The van der Waals surface area contributed by atoms with Gasteiger partial charge < -0.3 is 10.5 Å². The van der Waals surface area contributed by atoms with E-state index in [1.54, 1.807) is 12.5 Å². The fraction of sp³-hybridized carbons (Fsp3) is 0.190. The third-order valence-electron chi connectivity index (χ3n) is 4.52. The average molecular weight is 427 g/mol. The van der Waals surface area contributed by atoms with Gasteiger partial charge >= 0.3 is 0 Å². The molecule has 0 aliphatic heterocycles. The van der Waals surface area contributed by atoms with Crippen molar-refractivity contribution in [1.29, 1.82) is 0 Å². The van der Waals surface area contributed by atoms with Crippen molar-refractivity contribution in [2.45, 2.75) is 19.8 Å². The number of ether oxygens (including phenoxy) is 1. The quantitative estimate of drug-likeness (QED) is 0.439. The minimum atomic E-state index is -0.510. The van der Waals surface area contributed by atoms with E-state index in [1.165, 1.54) is 11.3 Å². The smallest absolute Gasteiger partial charge is 0.262 e. The highest BCUT2D eigenvalue weighted by atomic mass is 35.5. The third kappa shape index (κ3) is 4.11. The van der Waals surface area contributed by atoms with Crippen molar-refractivity contribution in [1.82, 2.24) is 14.5 Å². The SMILES string of the molecule is Cc1cc2c(cn1)ncn2-c1cc(OCCCc2ccccc2Cl)c(C(N)=O)s1. The summed E-state index contributed by atoms with van der Waals surface area (Å²) in [7, 11) is 0. The number of carbonyl (C=O) groups excluding carboxylic acids is 1. The molecule has 0 saturated carbocycles. The fourth-order valence-electron chi connectivity index (χ4n) is 3.09. The van der Waals surface area contributed by atoms with Gasteiger partial charge in [-0.25, -0.2) is 4.98 Å². The number of aromatic nitrogens is 3. The number of halogens is 1. The van der Waals surface area contributed by atoms with Crippen molar-refractivity contribution in [3.8, 4) is 10.8 Å². The van der Waals surface area contributed by atoms with E-state index in [0.717, 1.165) is 45.2 Å². The summed E-state index contributed by atoms with van der Waals surface area (Å²) in [5.41, 5.74) is 9.24. The zero-order valence-corrected chi connectivity index (χ0v) is 17.3. The second-order valence-corrected chi connectivity index (χ2v) is 8.05. The Morgan fingerprint density at radius 1 is 1.28 bits per heavy atom. The minimum Gasteiger partial charge on any atom is -0.492 e. The first-order valence-electron chi connectivity index (χ1n) is 9.13. The number of benzene rings is 1. The number of pyridine rings is 1. The predicted octanol–water partition coefficient (Wildman–Crippen LogP) is 4.55. The van der Waals surface area contributed by atoms with Crippen molar-refractivity contribution < 1.29 is 9.53 Å². The van der Waals surface area contributed by atoms with Crippen LogP contribution in [0.1, 0.15) is 27.3 Å². The molecule has 0 atom stereocenters. The molecule has 0 spiro atoms. The van der Waals surface area contributed by atoms with E-state index in [1.807, 2.05) is 47.9 Å². The van der Waals surface area contributed by atoms with Gasteiger partial charge in [0.05, 0.1) is 18.3 Å². The number of imidazole rings is 1. The van der Waals surface area contributed by atoms with Gasteiger partial charge in [0.25, 0.3) is 5.91 Å². The van der Waals surface area contributed by atoms with Crippen LogP contribution in [-0.2, 0) is 6.42 Å². The van der Waals surface area contributed by atoms with E-state index in [-0.39, 0.29) is 0 Å². The lowest BCUT2D eigenvalue weighted by Gasteiger charge is -2.06. The van der Waals surface area contributed by atoms with Crippen LogP contribution in [0.5, 0.6) is 5.75 Å². The monoisotopic (exact) mass is 426 g/mol. The molecule has 0 fully saturated rings. The largest absolute Gasteiger partial charge is 0.492 e. The van der Waals surface area contributed by atoms with Crippen molar-refractivity contribution in [2.24, 2.45) is 5.73 Å². The van der Waals surface area contributed by atoms with Gasteiger partial charge in [0, 0.05) is 16.8 Å². The van der Waals surface area contributed by atoms with E-state index in [2.05, 4.69) is 9.97 Å². The van der Waals surface area contributed by atoms with Gasteiger partial charge in [-0.1, -0.05) is 29.8 Å². The van der Waals surface area contributed by atoms with Crippen LogP contribution in [0.15, 0.2) is 48.9 Å². The molecule has 148 valence electrons. The number of carbonyl (C=O) groups is 1. The molecule has 6 nitrogen and oxygen atoms in total. The molecule has 0 saturated heterocycles. The highest BCUT2D eigenvalue weighted by Crippen LogP contribution is 2.33. The normalized spacial score (nSPS) is 11.1. The van der Waals surface area contributed by atoms with Crippen LogP contribution >= 0.6 is 22.9 Å². The lowest BCUT2D eigenvalue weighted by atomic mass is 10.1. The Balaban J connectivity index is 1.53. The molecule has 8 heteroatoms. The second-order valence-electron chi connectivity index (χ2n) is 6.61. The molecule has 0 aliphatic carbocycles. The number of amides is 1. The van der Waals surface area contributed by atoms with Crippen LogP contribution in [0.4, 0.5) is 0 Å². The van der Waals surface area contributed by atoms with Crippen LogP contribution in [0.3, 0.4) is 0 Å². The van der Waals surface area contributed by atoms with Crippen molar-refractivity contribution in [3.63, 3.8) is 0 Å². The zero-order chi connectivity index (χ0) is 20.4. The third-order valence-corrected chi connectivity index (χ3v) is 6.02. The first-order chi connectivity index (χ1) is 14.0. The van der Waals surface area contributed by atoms with E-state index in [4.69, 9.17) is 22.1 Å². The van der Waals surface area contributed by atoms with Crippen LogP contribution in [0.25, 0.3) is 16.0 Å². The molecule has 0 unspecified atom stereocenters. The van der Waals surface area contributed by atoms with Crippen molar-refractivity contribution >= 4 is 39.9 Å². The molecule has 0 aliphatic rings. The molecule has 2 N–H and O–H groups in total. The van der Waals surface area contributed by atoms with Gasteiger partial charge in [-0.15, -0.1) is 11.3 Å². The molecule has 4 aromatic rings. The first kappa shape index (κ1) is 19.4. The Labute approximate surface area is 176 Å². The molecule has 1 amide bonds. The molecule has 4 rings (SSSR count). The van der Waals surface area contributed by atoms with Gasteiger partial charge in [0.1, 0.15) is 27.5 Å². The average Bonchev–Trinajstić information content (AvgIpc) is 3.30. The number of thiophene rings is 1. The van der Waals surface area contributed by atoms with E-state index < -0.39 is 5.91 Å². The van der Waals surface area contributed by atoms with Crippen molar-refractivity contribution in [2.75, 3.05) is 6.61 Å². The number of primary amides is 1. The lowest BCUT2D eigenvalue weighted by Crippen LogP contribution is -2.11. The number of fused-ring (bicyclic) bond motifs is 1. The van der Waals surface area contributed by atoms with Gasteiger partial charge in [0.2, 0.25) is 0 Å². The van der Waals surface area contributed by atoms with Gasteiger partial charge in [-0.05, 0) is 37.5 Å². The number of hydrogen-bond donors (Lipinski definition) is 1. The number of nitrogens with two attached hydrogens (primary N) is 1. The summed E-state index contributed by atoms with van der Waals surface area (Å²) in [5, 5.41) is 1.56. The highest BCUT2D eigenvalue weighted by Gasteiger charge is 2.18. The highest BCUT2D eigenvalue weighted by molar-refractivity contribution is 7.16. The topological polar surface area (TPSA) is 83.0 Å². The lowest BCUT2D eigenvalue weighted by molar-refractivity contribution is 0.100. The summed E-state index contributed by atoms with van der Waals surface area (Å²) in [6, 6.07) is 11.5. The molecule has 3 heterocycles. The van der Waals surface area contributed by atoms with Crippen molar-refractivity contribution in [3.05, 3.63) is 70.1 Å². The number of rotatable bonds is 7. The Morgan fingerprint density at radius 2 is 2.10 bits per heavy atom. The van der Waals surface area contributed by atoms with E-state index >= 15 is 0 Å².